The van der Waals surface area contributed by atoms with Crippen molar-refractivity contribution in [2.24, 2.45) is 7.05 Å². The van der Waals surface area contributed by atoms with Gasteiger partial charge in [-0.05, 0) is 31.4 Å². The highest BCUT2D eigenvalue weighted by Gasteiger charge is 2.46. The summed E-state index contributed by atoms with van der Waals surface area (Å²) < 4.78 is 114. The summed E-state index contributed by atoms with van der Waals surface area (Å²) in [6.07, 6.45) is 23.4. The molecule has 0 N–H and O–H groups in total. The van der Waals surface area contributed by atoms with Crippen molar-refractivity contribution in [3.05, 3.63) is 22.8 Å². The Kier molecular flexibility index (Phi) is 18.0. The number of thioether (sulfide) groups is 1. The second-order valence-electron chi connectivity index (χ2n) is 9.24. The summed E-state index contributed by atoms with van der Waals surface area (Å²) in [5.74, 6) is 1.37. The Hall–Kier alpha value is -1.00. The molecule has 1 atom stereocenters. The smallest absolute Gasteiger partial charge is 0.421 e. The third-order valence-corrected chi connectivity index (χ3v) is 9.60. The minimum Gasteiger partial charge on any atom is -0.421 e. The molecule has 1 heterocycles. The minimum atomic E-state index is -6.72. The van der Waals surface area contributed by atoms with Gasteiger partial charge in [0.2, 0.25) is 6.33 Å². The molecule has 1 rings (SSSR count). The third-order valence-electron chi connectivity index (χ3n) is 5.53. The second-order valence-corrected chi connectivity index (χ2v) is 14.2. The summed E-state index contributed by atoms with van der Waals surface area (Å²) in [6, 6.07) is 0. The van der Waals surface area contributed by atoms with Crippen LogP contribution in [-0.4, -0.2) is 43.4 Å². The molecule has 16 heteroatoms. The molecule has 232 valence electrons. The van der Waals surface area contributed by atoms with E-state index in [1.807, 2.05) is 0 Å². The van der Waals surface area contributed by atoms with E-state index in [2.05, 4.69) is 60.5 Å². The summed E-state index contributed by atoms with van der Waals surface area (Å²) in [5.41, 5.74) is -12.4. The molecule has 0 aromatic carbocycles. The van der Waals surface area contributed by atoms with Crippen LogP contribution in [0.5, 0.6) is 0 Å². The fourth-order valence-corrected chi connectivity index (χ4v) is 6.17. The molecule has 1 aromatic heterocycles. The number of nitrogens with zero attached hydrogens (tertiary/aromatic N) is 3. The van der Waals surface area contributed by atoms with E-state index in [1.165, 1.54) is 89.3 Å². The number of sulfonamides is 2. The van der Waals surface area contributed by atoms with Crippen LogP contribution in [0.4, 0.5) is 26.3 Å². The molecule has 0 aliphatic rings. The molecular formula is C23H41F6N3O4S3. The summed E-state index contributed by atoms with van der Waals surface area (Å²) in [4.78, 5) is 0. The molecular weight excluding hydrogens is 592 g/mol. The zero-order valence-electron chi connectivity index (χ0n) is 22.7. The number of imidazole rings is 1. The maximum absolute atomic E-state index is 11.4. The Balaban J connectivity index is 0.000000830. The van der Waals surface area contributed by atoms with Crippen LogP contribution in [0.3, 0.4) is 0 Å². The van der Waals surface area contributed by atoms with Gasteiger partial charge in [-0.1, -0.05) is 65.2 Å². The van der Waals surface area contributed by atoms with E-state index in [0.29, 0.717) is 0 Å². The van der Waals surface area contributed by atoms with E-state index >= 15 is 0 Å². The Morgan fingerprint density at radius 2 is 1.31 bits per heavy atom. The zero-order chi connectivity index (χ0) is 30.2. The molecule has 7 nitrogen and oxygen atoms in total. The van der Waals surface area contributed by atoms with Gasteiger partial charge in [-0.15, -0.1) is 0 Å². The van der Waals surface area contributed by atoms with Crippen LogP contribution in [0.2, 0.25) is 0 Å². The van der Waals surface area contributed by atoms with Gasteiger partial charge in [0.15, 0.2) is 20.0 Å². The largest absolute Gasteiger partial charge is 0.480 e. The van der Waals surface area contributed by atoms with E-state index in [4.69, 9.17) is 0 Å². The first-order valence-electron chi connectivity index (χ1n) is 12.9. The molecule has 0 saturated carbocycles. The van der Waals surface area contributed by atoms with Crippen LogP contribution < -0.4 is 4.57 Å². The van der Waals surface area contributed by atoms with E-state index in [0.717, 1.165) is 9.38 Å². The van der Waals surface area contributed by atoms with Gasteiger partial charge in [-0.3, -0.25) is 0 Å². The number of hydrogen-bond acceptors (Lipinski definition) is 5. The van der Waals surface area contributed by atoms with Gasteiger partial charge in [0.25, 0.3) is 0 Å². The lowest BCUT2D eigenvalue weighted by molar-refractivity contribution is -0.671. The topological polar surface area (TPSA) is 91.2 Å². The highest BCUT2D eigenvalue weighted by Crippen LogP contribution is 2.36. The average Bonchev–Trinajstić information content (AvgIpc) is 3.21. The van der Waals surface area contributed by atoms with Gasteiger partial charge in [-0.25, -0.2) is 26.0 Å². The first-order valence-corrected chi connectivity index (χ1v) is 16.8. The SMILES string of the molecule is CCCCCCCCCSC(C)CCCCCCn1cc[n+](C)c1.O=S(=O)([N-]S(=O)(=O)C(F)(F)F)C(F)(F)F. The van der Waals surface area contributed by atoms with Crippen molar-refractivity contribution in [2.45, 2.75) is 114 Å². The van der Waals surface area contributed by atoms with E-state index < -0.39 is 31.1 Å². The molecule has 1 unspecified atom stereocenters. The van der Waals surface area contributed by atoms with Crippen molar-refractivity contribution in [3.8, 4) is 0 Å². The fourth-order valence-electron chi connectivity index (χ4n) is 3.35. The van der Waals surface area contributed by atoms with Crippen LogP contribution >= 0.6 is 11.8 Å². The summed E-state index contributed by atoms with van der Waals surface area (Å²) in [7, 11) is -11.4. The number of halogens is 6. The standard InChI is InChI=1S/C21H41N2S.C2F6NO4S2/c1-4-5-6-7-8-11-14-19-24-21(2)15-12-9-10-13-16-23-18-17-22(3)20-23;3-1(4,5)14(10,11)9-15(12,13)2(6,7)8/h17-18,20-21H,4-16,19H2,1-3H3;/q+1;-1. The van der Waals surface area contributed by atoms with Crippen molar-refractivity contribution in [1.82, 2.24) is 4.57 Å². The molecule has 1 aromatic rings. The van der Waals surface area contributed by atoms with Gasteiger partial charge in [0.05, 0.1) is 13.6 Å². The third kappa shape index (κ3) is 17.4. The number of aromatic nitrogens is 2. The Morgan fingerprint density at radius 3 is 1.79 bits per heavy atom. The van der Waals surface area contributed by atoms with Gasteiger partial charge < -0.3 is 4.13 Å². The van der Waals surface area contributed by atoms with Gasteiger partial charge in [-0.2, -0.15) is 38.1 Å². The monoisotopic (exact) mass is 633 g/mol. The average molecular weight is 634 g/mol. The summed E-state index contributed by atoms with van der Waals surface area (Å²) >= 11 is 2.20. The predicted octanol–water partition coefficient (Wildman–Crippen LogP) is 7.19. The Morgan fingerprint density at radius 1 is 0.821 bits per heavy atom. The number of rotatable bonds is 18. The number of unbranched alkanes of at least 4 members (excludes halogenated alkanes) is 9. The first-order chi connectivity index (χ1) is 17.9. The van der Waals surface area contributed by atoms with Gasteiger partial charge in [0.1, 0.15) is 12.4 Å². The first kappa shape index (κ1) is 38.0. The highest BCUT2D eigenvalue weighted by molar-refractivity contribution is 8.13. The molecule has 0 amide bonds. The second kappa shape index (κ2) is 18.4. The Bertz CT molecular complexity index is 955. The van der Waals surface area contributed by atoms with Crippen LogP contribution in [0.1, 0.15) is 90.9 Å². The van der Waals surface area contributed by atoms with Crippen LogP contribution in [0.25, 0.3) is 4.13 Å². The molecule has 0 radical (unpaired) electrons. The minimum absolute atomic E-state index is 0.778. The molecule has 0 bridgehead atoms. The van der Waals surface area contributed by atoms with E-state index in [9.17, 15) is 43.2 Å². The zero-order valence-corrected chi connectivity index (χ0v) is 25.1. The molecule has 39 heavy (non-hydrogen) atoms. The van der Waals surface area contributed by atoms with Gasteiger partial charge in [0, 0.05) is 5.25 Å². The molecule has 0 spiro atoms. The van der Waals surface area contributed by atoms with Crippen LogP contribution in [0.15, 0.2) is 18.7 Å². The fraction of sp³-hybridized carbons (Fsp3) is 0.870. The van der Waals surface area contributed by atoms with Crippen LogP contribution in [-0.2, 0) is 33.6 Å². The lowest BCUT2D eigenvalue weighted by atomic mass is 10.1. The molecule has 0 aliphatic carbocycles. The molecule has 0 aliphatic heterocycles. The van der Waals surface area contributed by atoms with E-state index in [-0.39, 0.29) is 0 Å². The summed E-state index contributed by atoms with van der Waals surface area (Å²) in [6.45, 7) is 5.88. The lowest BCUT2D eigenvalue weighted by Crippen LogP contribution is -2.30. The maximum Gasteiger partial charge on any atom is 0.480 e. The summed E-state index contributed by atoms with van der Waals surface area (Å²) in [5, 5.41) is 0.855. The highest BCUT2D eigenvalue weighted by atomic mass is 32.3. The normalized spacial score (nSPS) is 13.7. The van der Waals surface area contributed by atoms with Gasteiger partial charge >= 0.3 is 11.0 Å². The van der Waals surface area contributed by atoms with E-state index in [1.54, 1.807) is 0 Å². The quantitative estimate of drug-likeness (QED) is 0.0969. The van der Waals surface area contributed by atoms with Crippen molar-refractivity contribution in [1.29, 1.82) is 0 Å². The van der Waals surface area contributed by atoms with Crippen molar-refractivity contribution in [3.63, 3.8) is 0 Å². The predicted molar refractivity (Wildman–Crippen MR) is 142 cm³/mol. The maximum atomic E-state index is 11.4. The number of alkyl halides is 6. The molecule has 0 fully saturated rings. The Labute approximate surface area is 233 Å². The van der Waals surface area contributed by atoms with Crippen LogP contribution in [0, 0.1) is 0 Å². The van der Waals surface area contributed by atoms with Crippen molar-refractivity contribution < 1.29 is 47.7 Å². The number of aryl methyl sites for hydroxylation is 2. The van der Waals surface area contributed by atoms with Crippen molar-refractivity contribution in [2.75, 3.05) is 5.75 Å². The lowest BCUT2D eigenvalue weighted by Gasteiger charge is -2.22. The number of hydrogen-bond donors (Lipinski definition) is 0. The van der Waals surface area contributed by atoms with Crippen molar-refractivity contribution >= 4 is 31.8 Å². The molecule has 0 saturated heterocycles.